The van der Waals surface area contributed by atoms with Gasteiger partial charge < -0.3 is 15.8 Å². The first-order valence-electron chi connectivity index (χ1n) is 7.61. The predicted molar refractivity (Wildman–Crippen MR) is 89.0 cm³/mol. The number of methoxy groups -OCH3 is 1. The molecule has 1 aliphatic carbocycles. The Labute approximate surface area is 135 Å². The van der Waals surface area contributed by atoms with Crippen LogP contribution in [0.4, 0.5) is 4.39 Å². The number of aliphatic imine (C=N–C) groups is 1. The minimum Gasteiger partial charge on any atom is -0.496 e. The molecule has 3 N–H and O–H groups in total. The minimum atomic E-state index is -0.211. The van der Waals surface area contributed by atoms with E-state index >= 15 is 0 Å². The summed E-state index contributed by atoms with van der Waals surface area (Å²) >= 11 is 0. The van der Waals surface area contributed by atoms with E-state index in [2.05, 4.69) is 10.3 Å². The third kappa shape index (κ3) is 3.80. The summed E-state index contributed by atoms with van der Waals surface area (Å²) in [6, 6.07) is 14.6. The highest BCUT2D eigenvalue weighted by Gasteiger charge is 2.38. The molecule has 23 heavy (non-hydrogen) atoms. The lowest BCUT2D eigenvalue weighted by molar-refractivity contribution is 0.410. The molecule has 2 aromatic rings. The standard InChI is InChI=1S/C18H20FN3O/c1-23-17-5-3-2-4-13(17)11-21-18(20)22-16-10-15(16)12-6-8-14(19)9-7-12/h2-9,15-16H,10-11H2,1H3,(H3,20,21,22)/t15-,16+/m0/s1. The van der Waals surface area contributed by atoms with E-state index in [0.717, 1.165) is 23.3 Å². The van der Waals surface area contributed by atoms with Gasteiger partial charge in [0.15, 0.2) is 5.96 Å². The largest absolute Gasteiger partial charge is 0.496 e. The molecule has 0 amide bonds. The van der Waals surface area contributed by atoms with E-state index in [9.17, 15) is 4.39 Å². The summed E-state index contributed by atoms with van der Waals surface area (Å²) in [6.45, 7) is 0.469. The van der Waals surface area contributed by atoms with Crippen molar-refractivity contribution in [2.75, 3.05) is 7.11 Å². The number of hydrogen-bond donors (Lipinski definition) is 2. The van der Waals surface area contributed by atoms with Crippen LogP contribution < -0.4 is 15.8 Å². The molecule has 0 aliphatic heterocycles. The van der Waals surface area contributed by atoms with Crippen molar-refractivity contribution in [1.29, 1.82) is 0 Å². The molecule has 0 aromatic heterocycles. The van der Waals surface area contributed by atoms with Crippen LogP contribution in [0.15, 0.2) is 53.5 Å². The van der Waals surface area contributed by atoms with E-state index in [1.165, 1.54) is 12.1 Å². The normalized spacial score (nSPS) is 20.2. The summed E-state index contributed by atoms with van der Waals surface area (Å²) in [6.07, 6.45) is 0.983. The van der Waals surface area contributed by atoms with E-state index in [0.29, 0.717) is 18.4 Å². The zero-order valence-electron chi connectivity index (χ0n) is 13.0. The summed E-state index contributed by atoms with van der Waals surface area (Å²) in [4.78, 5) is 4.37. The number of nitrogens with one attached hydrogen (secondary N) is 1. The molecule has 0 heterocycles. The Morgan fingerprint density at radius 1 is 1.26 bits per heavy atom. The van der Waals surface area contributed by atoms with Gasteiger partial charge in [-0.25, -0.2) is 9.38 Å². The first-order chi connectivity index (χ1) is 11.2. The molecule has 5 heteroatoms. The Morgan fingerprint density at radius 3 is 2.74 bits per heavy atom. The second-order valence-electron chi connectivity index (χ2n) is 5.66. The van der Waals surface area contributed by atoms with Crippen LogP contribution in [0.1, 0.15) is 23.5 Å². The average Bonchev–Trinajstić information content (AvgIpc) is 3.33. The molecular weight excluding hydrogens is 293 g/mol. The molecule has 0 saturated heterocycles. The first kappa shape index (κ1) is 15.3. The molecule has 1 fully saturated rings. The van der Waals surface area contributed by atoms with Crippen molar-refractivity contribution < 1.29 is 9.13 Å². The summed E-state index contributed by atoms with van der Waals surface area (Å²) < 4.78 is 18.2. The van der Waals surface area contributed by atoms with Crippen LogP contribution in [-0.4, -0.2) is 19.1 Å². The quantitative estimate of drug-likeness (QED) is 0.659. The zero-order valence-corrected chi connectivity index (χ0v) is 13.0. The molecule has 0 unspecified atom stereocenters. The lowest BCUT2D eigenvalue weighted by atomic mass is 10.1. The number of benzene rings is 2. The average molecular weight is 313 g/mol. The van der Waals surface area contributed by atoms with Gasteiger partial charge in [-0.05, 0) is 30.2 Å². The first-order valence-corrected chi connectivity index (χ1v) is 7.61. The number of rotatable bonds is 5. The van der Waals surface area contributed by atoms with Crippen molar-refractivity contribution in [2.45, 2.75) is 24.9 Å². The predicted octanol–water partition coefficient (Wildman–Crippen LogP) is 2.79. The van der Waals surface area contributed by atoms with Crippen LogP contribution >= 0.6 is 0 Å². The highest BCUT2D eigenvalue weighted by Crippen LogP contribution is 2.40. The van der Waals surface area contributed by atoms with Crippen LogP contribution in [0.3, 0.4) is 0 Å². The fourth-order valence-electron chi connectivity index (χ4n) is 2.67. The van der Waals surface area contributed by atoms with Crippen molar-refractivity contribution >= 4 is 5.96 Å². The van der Waals surface area contributed by atoms with E-state index in [4.69, 9.17) is 10.5 Å². The second kappa shape index (κ2) is 6.69. The maximum Gasteiger partial charge on any atom is 0.189 e. The number of nitrogens with two attached hydrogens (primary N) is 1. The van der Waals surface area contributed by atoms with Gasteiger partial charge in [0, 0.05) is 17.5 Å². The van der Waals surface area contributed by atoms with Gasteiger partial charge in [0.2, 0.25) is 0 Å². The molecule has 2 atom stereocenters. The van der Waals surface area contributed by atoms with E-state index in [1.54, 1.807) is 7.11 Å². The topological polar surface area (TPSA) is 59.6 Å². The Morgan fingerprint density at radius 2 is 2.00 bits per heavy atom. The van der Waals surface area contributed by atoms with Crippen molar-refractivity contribution in [1.82, 2.24) is 5.32 Å². The number of para-hydroxylation sites is 1. The third-order valence-corrected chi connectivity index (χ3v) is 4.03. The van der Waals surface area contributed by atoms with Crippen molar-refractivity contribution in [2.24, 2.45) is 10.7 Å². The Kier molecular flexibility index (Phi) is 4.46. The third-order valence-electron chi connectivity index (χ3n) is 4.03. The van der Waals surface area contributed by atoms with Gasteiger partial charge in [-0.3, -0.25) is 0 Å². The number of nitrogens with zero attached hydrogens (tertiary/aromatic N) is 1. The Bertz CT molecular complexity index is 700. The summed E-state index contributed by atoms with van der Waals surface area (Å²) in [7, 11) is 1.64. The molecular formula is C18H20FN3O. The smallest absolute Gasteiger partial charge is 0.189 e. The van der Waals surface area contributed by atoms with Gasteiger partial charge in [-0.2, -0.15) is 0 Å². The van der Waals surface area contributed by atoms with Crippen LogP contribution in [0.5, 0.6) is 5.75 Å². The van der Waals surface area contributed by atoms with Gasteiger partial charge in [0.25, 0.3) is 0 Å². The van der Waals surface area contributed by atoms with Crippen LogP contribution in [0, 0.1) is 5.82 Å². The summed E-state index contributed by atoms with van der Waals surface area (Å²) in [5.74, 6) is 1.39. The SMILES string of the molecule is COc1ccccc1CN=C(N)N[C@@H]1C[C@H]1c1ccc(F)cc1. The van der Waals surface area contributed by atoms with Gasteiger partial charge in [0.1, 0.15) is 11.6 Å². The Hall–Kier alpha value is -2.56. The minimum absolute atomic E-state index is 0.211. The van der Waals surface area contributed by atoms with Crippen LogP contribution in [0.2, 0.25) is 0 Å². The highest BCUT2D eigenvalue weighted by molar-refractivity contribution is 5.78. The molecule has 0 spiro atoms. The van der Waals surface area contributed by atoms with Crippen LogP contribution in [0.25, 0.3) is 0 Å². The molecule has 0 radical (unpaired) electrons. The van der Waals surface area contributed by atoms with Crippen LogP contribution in [-0.2, 0) is 6.54 Å². The molecule has 1 saturated carbocycles. The van der Waals surface area contributed by atoms with Crippen molar-refractivity contribution in [3.05, 3.63) is 65.5 Å². The number of guanidine groups is 1. The van der Waals surface area contributed by atoms with E-state index < -0.39 is 0 Å². The van der Waals surface area contributed by atoms with Gasteiger partial charge in [0.05, 0.1) is 13.7 Å². The molecule has 2 aromatic carbocycles. The van der Waals surface area contributed by atoms with E-state index in [1.807, 2.05) is 36.4 Å². The van der Waals surface area contributed by atoms with Crippen molar-refractivity contribution in [3.63, 3.8) is 0 Å². The second-order valence-corrected chi connectivity index (χ2v) is 5.66. The Balaban J connectivity index is 1.55. The summed E-state index contributed by atoms with van der Waals surface area (Å²) in [5.41, 5.74) is 8.07. The monoisotopic (exact) mass is 313 g/mol. The lowest BCUT2D eigenvalue weighted by Gasteiger charge is -2.08. The highest BCUT2D eigenvalue weighted by atomic mass is 19.1. The molecule has 4 nitrogen and oxygen atoms in total. The van der Waals surface area contributed by atoms with Gasteiger partial charge >= 0.3 is 0 Å². The number of hydrogen-bond acceptors (Lipinski definition) is 2. The van der Waals surface area contributed by atoms with E-state index in [-0.39, 0.29) is 11.9 Å². The number of halogens is 1. The molecule has 120 valence electrons. The van der Waals surface area contributed by atoms with Gasteiger partial charge in [-0.1, -0.05) is 30.3 Å². The zero-order chi connectivity index (χ0) is 16.2. The maximum absolute atomic E-state index is 12.9. The molecule has 0 bridgehead atoms. The summed E-state index contributed by atoms with van der Waals surface area (Å²) in [5, 5.41) is 3.22. The lowest BCUT2D eigenvalue weighted by Crippen LogP contribution is -2.34. The van der Waals surface area contributed by atoms with Gasteiger partial charge in [-0.15, -0.1) is 0 Å². The molecule has 1 aliphatic rings. The maximum atomic E-state index is 12.9. The fourth-order valence-corrected chi connectivity index (χ4v) is 2.67. The number of ether oxygens (including phenoxy) is 1. The fraction of sp³-hybridized carbons (Fsp3) is 0.278. The molecule has 3 rings (SSSR count). The van der Waals surface area contributed by atoms with Crippen molar-refractivity contribution in [3.8, 4) is 5.75 Å².